The van der Waals surface area contributed by atoms with E-state index >= 15 is 0 Å². The molecule has 1 unspecified atom stereocenters. The molecular weight excluding hydrogens is 380 g/mol. The highest BCUT2D eigenvalue weighted by molar-refractivity contribution is 5.82. The van der Waals surface area contributed by atoms with E-state index in [0.29, 0.717) is 18.5 Å². The summed E-state index contributed by atoms with van der Waals surface area (Å²) in [6, 6.07) is 0.900. The van der Waals surface area contributed by atoms with Crippen LogP contribution < -0.4 is 20.3 Å². The van der Waals surface area contributed by atoms with Crippen LogP contribution >= 0.6 is 0 Å². The first-order valence-electron chi connectivity index (χ1n) is 9.35. The van der Waals surface area contributed by atoms with E-state index in [9.17, 15) is 22.4 Å². The molecule has 0 aromatic carbocycles. The number of carbonyl (C=O) groups excluding carboxylic acids is 1. The molecule has 0 aliphatic carbocycles. The molecule has 0 saturated carbocycles. The predicted molar refractivity (Wildman–Crippen MR) is 94.6 cm³/mol. The van der Waals surface area contributed by atoms with Crippen LogP contribution in [-0.2, 0) is 11.3 Å². The topological polar surface area (TPSA) is 66.5 Å². The Hall–Kier alpha value is -2.10. The summed E-state index contributed by atoms with van der Waals surface area (Å²) in [6.45, 7) is 0.764. The second kappa shape index (κ2) is 8.50. The van der Waals surface area contributed by atoms with Crippen molar-refractivity contribution in [2.75, 3.05) is 31.6 Å². The molecule has 3 rings (SSSR count). The van der Waals surface area contributed by atoms with Crippen LogP contribution in [0.1, 0.15) is 31.2 Å². The first-order valence-corrected chi connectivity index (χ1v) is 9.35. The minimum atomic E-state index is -4.32. The summed E-state index contributed by atoms with van der Waals surface area (Å²) in [5.74, 6) is -2.49. The van der Waals surface area contributed by atoms with Gasteiger partial charge in [-0.05, 0) is 38.3 Å². The van der Waals surface area contributed by atoms with Gasteiger partial charge < -0.3 is 20.3 Å². The van der Waals surface area contributed by atoms with Crippen LogP contribution in [0.15, 0.2) is 6.07 Å². The summed E-state index contributed by atoms with van der Waals surface area (Å²) >= 11 is 0. The first kappa shape index (κ1) is 20.6. The van der Waals surface area contributed by atoms with E-state index in [1.54, 1.807) is 0 Å². The van der Waals surface area contributed by atoms with E-state index in [4.69, 9.17) is 4.74 Å². The molecule has 2 saturated heterocycles. The number of anilines is 1. The Morgan fingerprint density at radius 2 is 2.18 bits per heavy atom. The quantitative estimate of drug-likeness (QED) is 0.738. The molecule has 2 aliphatic rings. The van der Waals surface area contributed by atoms with E-state index in [-0.39, 0.29) is 43.2 Å². The van der Waals surface area contributed by atoms with Gasteiger partial charge in [0.05, 0.1) is 19.1 Å². The van der Waals surface area contributed by atoms with Gasteiger partial charge in [-0.1, -0.05) is 0 Å². The number of hydrogen-bond donors (Lipinski definition) is 2. The third-order valence-corrected chi connectivity index (χ3v) is 5.20. The lowest BCUT2D eigenvalue weighted by atomic mass is 9.97. The Bertz CT molecular complexity index is 708. The maximum absolute atomic E-state index is 14.6. The van der Waals surface area contributed by atoms with Gasteiger partial charge in [-0.25, -0.2) is 4.39 Å². The number of hydrogen-bond acceptors (Lipinski definition) is 5. The average Bonchev–Trinajstić information content (AvgIpc) is 3.20. The number of ether oxygens (including phenoxy) is 1. The number of rotatable bonds is 5. The van der Waals surface area contributed by atoms with Crippen molar-refractivity contribution in [3.8, 4) is 5.88 Å². The summed E-state index contributed by atoms with van der Waals surface area (Å²) in [7, 11) is 1.35. The van der Waals surface area contributed by atoms with Gasteiger partial charge in [0.15, 0.2) is 11.6 Å². The fraction of sp³-hybridized carbons (Fsp3) is 0.667. The van der Waals surface area contributed by atoms with E-state index in [1.807, 2.05) is 0 Å². The van der Waals surface area contributed by atoms with Gasteiger partial charge >= 0.3 is 6.18 Å². The molecule has 10 heteroatoms. The molecule has 2 atom stereocenters. The molecule has 2 aliphatic heterocycles. The van der Waals surface area contributed by atoms with E-state index in [0.717, 1.165) is 19.4 Å². The van der Waals surface area contributed by atoms with Gasteiger partial charge in [-0.3, -0.25) is 4.79 Å². The molecule has 2 fully saturated rings. The Balaban J connectivity index is 1.73. The molecule has 28 heavy (non-hydrogen) atoms. The Morgan fingerprint density at radius 1 is 1.39 bits per heavy atom. The summed E-state index contributed by atoms with van der Waals surface area (Å²) in [6.07, 6.45) is -2.33. The number of nitrogens with one attached hydrogen (secondary N) is 2. The first-order chi connectivity index (χ1) is 13.3. The van der Waals surface area contributed by atoms with Crippen molar-refractivity contribution in [2.45, 2.75) is 44.4 Å². The van der Waals surface area contributed by atoms with Crippen LogP contribution in [0, 0.1) is 11.7 Å². The third kappa shape index (κ3) is 4.65. The number of pyridine rings is 1. The maximum atomic E-state index is 14.6. The predicted octanol–water partition coefficient (Wildman–Crippen LogP) is 2.38. The van der Waals surface area contributed by atoms with Gasteiger partial charge in [-0.2, -0.15) is 18.2 Å². The SMILES string of the molecule is COc1nc(N2CCCC(C(F)(F)F)C2)c(F)cc1CNC(=O)[C@@H]1CCCN1. The molecule has 0 spiro atoms. The summed E-state index contributed by atoms with van der Waals surface area (Å²) in [4.78, 5) is 17.5. The smallest absolute Gasteiger partial charge is 0.393 e. The van der Waals surface area contributed by atoms with Gasteiger partial charge in [0, 0.05) is 25.2 Å². The van der Waals surface area contributed by atoms with E-state index in [2.05, 4.69) is 15.6 Å². The number of piperidine rings is 1. The van der Waals surface area contributed by atoms with Crippen molar-refractivity contribution in [1.82, 2.24) is 15.6 Å². The second-order valence-corrected chi connectivity index (χ2v) is 7.16. The monoisotopic (exact) mass is 404 g/mol. The van der Waals surface area contributed by atoms with Crippen LogP contribution in [0.5, 0.6) is 5.88 Å². The summed E-state index contributed by atoms with van der Waals surface area (Å²) in [5, 5.41) is 5.79. The van der Waals surface area contributed by atoms with Crippen molar-refractivity contribution in [1.29, 1.82) is 0 Å². The van der Waals surface area contributed by atoms with Crippen LogP contribution in [0.25, 0.3) is 0 Å². The van der Waals surface area contributed by atoms with Crippen molar-refractivity contribution >= 4 is 11.7 Å². The lowest BCUT2D eigenvalue weighted by Crippen LogP contribution is -2.42. The molecule has 0 radical (unpaired) electrons. The molecule has 0 bridgehead atoms. The zero-order valence-corrected chi connectivity index (χ0v) is 15.6. The van der Waals surface area contributed by atoms with Gasteiger partial charge in [0.2, 0.25) is 11.8 Å². The Labute approximate surface area is 160 Å². The minimum Gasteiger partial charge on any atom is -0.481 e. The Morgan fingerprint density at radius 3 is 2.82 bits per heavy atom. The molecule has 1 amide bonds. The summed E-state index contributed by atoms with van der Waals surface area (Å²) in [5.41, 5.74) is 0.333. The van der Waals surface area contributed by atoms with Crippen molar-refractivity contribution < 1.29 is 27.1 Å². The molecule has 2 N–H and O–H groups in total. The fourth-order valence-corrected chi connectivity index (χ4v) is 3.68. The van der Waals surface area contributed by atoms with Crippen LogP contribution in [0.4, 0.5) is 23.4 Å². The molecule has 1 aromatic heterocycles. The molecular formula is C18H24F4N4O2. The molecule has 6 nitrogen and oxygen atoms in total. The van der Waals surface area contributed by atoms with Crippen LogP contribution in [0.2, 0.25) is 0 Å². The largest absolute Gasteiger partial charge is 0.481 e. The third-order valence-electron chi connectivity index (χ3n) is 5.20. The van der Waals surface area contributed by atoms with Gasteiger partial charge in [0.1, 0.15) is 0 Å². The van der Waals surface area contributed by atoms with Crippen LogP contribution in [0.3, 0.4) is 0 Å². The average molecular weight is 404 g/mol. The minimum absolute atomic E-state index is 0.0234. The number of aromatic nitrogens is 1. The van der Waals surface area contributed by atoms with E-state index in [1.165, 1.54) is 18.1 Å². The number of halogens is 4. The zero-order chi connectivity index (χ0) is 20.3. The normalized spacial score (nSPS) is 23.0. The van der Waals surface area contributed by atoms with Crippen molar-refractivity contribution in [3.63, 3.8) is 0 Å². The van der Waals surface area contributed by atoms with Gasteiger partial charge in [0.25, 0.3) is 0 Å². The van der Waals surface area contributed by atoms with Crippen molar-refractivity contribution in [3.05, 3.63) is 17.4 Å². The highest BCUT2D eigenvalue weighted by Gasteiger charge is 2.42. The Kier molecular flexibility index (Phi) is 6.26. The number of amides is 1. The standard InChI is InChI=1S/C18H24F4N4O2/c1-28-17-11(9-24-16(27)14-5-2-6-23-14)8-13(19)15(25-17)26-7-3-4-12(10-26)18(20,21)22/h8,12,14,23H,2-7,9-10H2,1H3,(H,24,27)/t12?,14-/m0/s1. The van der Waals surface area contributed by atoms with Crippen LogP contribution in [-0.4, -0.2) is 49.9 Å². The number of methoxy groups -OCH3 is 1. The number of alkyl halides is 3. The molecule has 156 valence electrons. The highest BCUT2D eigenvalue weighted by atomic mass is 19.4. The highest BCUT2D eigenvalue weighted by Crippen LogP contribution is 2.35. The summed E-state index contributed by atoms with van der Waals surface area (Å²) < 4.78 is 58.9. The second-order valence-electron chi connectivity index (χ2n) is 7.16. The number of carbonyl (C=O) groups is 1. The zero-order valence-electron chi connectivity index (χ0n) is 15.6. The molecule has 1 aromatic rings. The molecule has 3 heterocycles. The lowest BCUT2D eigenvalue weighted by Gasteiger charge is -2.34. The maximum Gasteiger partial charge on any atom is 0.393 e. The van der Waals surface area contributed by atoms with Crippen molar-refractivity contribution in [2.24, 2.45) is 5.92 Å². The fourth-order valence-electron chi connectivity index (χ4n) is 3.68. The lowest BCUT2D eigenvalue weighted by molar-refractivity contribution is -0.176. The van der Waals surface area contributed by atoms with E-state index < -0.39 is 17.9 Å². The number of nitrogens with zero attached hydrogens (tertiary/aromatic N) is 2. The van der Waals surface area contributed by atoms with Gasteiger partial charge in [-0.15, -0.1) is 0 Å².